The van der Waals surface area contributed by atoms with Crippen LogP contribution in [0.5, 0.6) is 11.5 Å². The predicted octanol–water partition coefficient (Wildman–Crippen LogP) is 2.25. The van der Waals surface area contributed by atoms with Crippen molar-refractivity contribution in [3.63, 3.8) is 0 Å². The number of hydrogen-bond donors (Lipinski definition) is 3. The number of nitrogens with zero attached hydrogens (tertiary/aromatic N) is 3. The van der Waals surface area contributed by atoms with Crippen LogP contribution < -0.4 is 25.8 Å². The van der Waals surface area contributed by atoms with Crippen molar-refractivity contribution in [3.05, 3.63) is 69.6 Å². The monoisotopic (exact) mass is 422 g/mol. The van der Waals surface area contributed by atoms with Gasteiger partial charge in [0.1, 0.15) is 6.20 Å². The Balaban J connectivity index is 1.59. The first-order valence-corrected chi connectivity index (χ1v) is 9.33. The van der Waals surface area contributed by atoms with Crippen LogP contribution in [0.2, 0.25) is 0 Å². The van der Waals surface area contributed by atoms with Crippen LogP contribution in [0.15, 0.2) is 52.5 Å². The summed E-state index contributed by atoms with van der Waals surface area (Å²) < 4.78 is 11.0. The van der Waals surface area contributed by atoms with Crippen molar-refractivity contribution >= 4 is 23.8 Å². The highest BCUT2D eigenvalue weighted by Crippen LogP contribution is 2.27. The van der Waals surface area contributed by atoms with Crippen LogP contribution in [-0.4, -0.2) is 41.0 Å². The Labute approximate surface area is 178 Å². The van der Waals surface area contributed by atoms with Crippen molar-refractivity contribution < 1.29 is 14.3 Å². The summed E-state index contributed by atoms with van der Waals surface area (Å²) in [6.45, 7) is 3.76. The molecule has 3 aromatic rings. The summed E-state index contributed by atoms with van der Waals surface area (Å²) >= 11 is 0. The summed E-state index contributed by atoms with van der Waals surface area (Å²) in [5.74, 6) is 0.699. The average Bonchev–Trinajstić information content (AvgIpc) is 2.74. The van der Waals surface area contributed by atoms with Crippen LogP contribution in [0.1, 0.15) is 16.7 Å². The van der Waals surface area contributed by atoms with Crippen LogP contribution in [0.4, 0.5) is 11.6 Å². The van der Waals surface area contributed by atoms with E-state index in [2.05, 4.69) is 31.0 Å². The summed E-state index contributed by atoms with van der Waals surface area (Å²) in [5, 5.41) is 14.0. The highest BCUT2D eigenvalue weighted by Gasteiger charge is 2.10. The lowest BCUT2D eigenvalue weighted by molar-refractivity contribution is -0.118. The molecule has 160 valence electrons. The molecule has 0 aliphatic carbocycles. The maximum absolute atomic E-state index is 12.2. The van der Waals surface area contributed by atoms with Crippen LogP contribution in [0, 0.1) is 13.8 Å². The third kappa shape index (κ3) is 6.13. The van der Waals surface area contributed by atoms with E-state index in [-0.39, 0.29) is 18.5 Å². The van der Waals surface area contributed by atoms with Gasteiger partial charge in [-0.05, 0) is 49.2 Å². The van der Waals surface area contributed by atoms with Gasteiger partial charge in [-0.2, -0.15) is 5.10 Å². The molecule has 0 bridgehead atoms. The maximum Gasteiger partial charge on any atom is 0.271 e. The number of ether oxygens (including phenoxy) is 2. The predicted molar refractivity (Wildman–Crippen MR) is 117 cm³/mol. The van der Waals surface area contributed by atoms with E-state index in [1.807, 2.05) is 32.0 Å². The lowest BCUT2D eigenvalue weighted by Crippen LogP contribution is -2.20. The number of aromatic nitrogens is 3. The number of benzene rings is 2. The maximum atomic E-state index is 12.2. The zero-order chi connectivity index (χ0) is 22.2. The lowest BCUT2D eigenvalue weighted by atomic mass is 10.1. The normalized spacial score (nSPS) is 10.7. The number of carbonyl (C=O) groups excluding carboxylic acids is 1. The SMILES string of the molecule is COc1cc(/C=N/Nc2nncc(=O)[nH]2)ccc1OCC(=O)Nc1ccc(C)cc1C. The number of nitrogens with one attached hydrogen (secondary N) is 3. The number of hydrogen-bond acceptors (Lipinski definition) is 8. The van der Waals surface area contributed by atoms with Gasteiger partial charge in [0.15, 0.2) is 18.1 Å². The van der Waals surface area contributed by atoms with Gasteiger partial charge in [0, 0.05) is 5.69 Å². The molecule has 10 nitrogen and oxygen atoms in total. The number of carbonyl (C=O) groups is 1. The Hall–Kier alpha value is -4.21. The third-order valence-corrected chi connectivity index (χ3v) is 4.16. The summed E-state index contributed by atoms with van der Waals surface area (Å²) in [6.07, 6.45) is 2.56. The minimum atomic E-state index is -0.391. The molecule has 0 fully saturated rings. The highest BCUT2D eigenvalue weighted by molar-refractivity contribution is 5.92. The van der Waals surface area contributed by atoms with Crippen LogP contribution in [-0.2, 0) is 4.79 Å². The van der Waals surface area contributed by atoms with Gasteiger partial charge in [0.05, 0.1) is 13.3 Å². The Bertz CT molecular complexity index is 1160. The number of aromatic amines is 1. The van der Waals surface area contributed by atoms with Crippen LogP contribution in [0.25, 0.3) is 0 Å². The molecule has 1 amide bonds. The minimum Gasteiger partial charge on any atom is -0.493 e. The molecule has 1 aromatic heterocycles. The second kappa shape index (κ2) is 10.0. The smallest absolute Gasteiger partial charge is 0.271 e. The van der Waals surface area contributed by atoms with E-state index in [9.17, 15) is 9.59 Å². The molecule has 31 heavy (non-hydrogen) atoms. The number of rotatable bonds is 8. The van der Waals surface area contributed by atoms with E-state index < -0.39 is 5.56 Å². The van der Waals surface area contributed by atoms with Gasteiger partial charge in [-0.15, -0.1) is 10.2 Å². The molecule has 3 rings (SSSR count). The largest absolute Gasteiger partial charge is 0.493 e. The quantitative estimate of drug-likeness (QED) is 0.375. The number of hydrazone groups is 1. The second-order valence-electron chi connectivity index (χ2n) is 6.62. The van der Waals surface area contributed by atoms with Gasteiger partial charge in [-0.1, -0.05) is 17.7 Å². The van der Waals surface area contributed by atoms with Gasteiger partial charge < -0.3 is 14.8 Å². The Kier molecular flexibility index (Phi) is 6.94. The molecule has 0 spiro atoms. The van der Waals surface area contributed by atoms with Crippen molar-refractivity contribution in [2.45, 2.75) is 13.8 Å². The standard InChI is InChI=1S/C21H22N6O4/c1-13-4-6-16(14(2)8-13)24-20(29)12-31-17-7-5-15(9-18(17)30-3)10-22-26-21-25-19(28)11-23-27-21/h4-11H,12H2,1-3H3,(H,24,29)(H2,25,26,27,28)/b22-10+. The third-order valence-electron chi connectivity index (χ3n) is 4.16. The first kappa shape index (κ1) is 21.5. The number of amides is 1. The Morgan fingerprint density at radius 1 is 1.19 bits per heavy atom. The van der Waals surface area contributed by atoms with E-state index in [0.717, 1.165) is 23.0 Å². The Morgan fingerprint density at radius 3 is 2.77 bits per heavy atom. The lowest BCUT2D eigenvalue weighted by Gasteiger charge is -2.12. The van der Waals surface area contributed by atoms with Crippen molar-refractivity contribution in [1.82, 2.24) is 15.2 Å². The van der Waals surface area contributed by atoms with E-state index in [4.69, 9.17) is 9.47 Å². The van der Waals surface area contributed by atoms with Gasteiger partial charge in [0.2, 0.25) is 5.95 Å². The first-order valence-electron chi connectivity index (χ1n) is 9.33. The van der Waals surface area contributed by atoms with E-state index in [0.29, 0.717) is 17.1 Å². The molecule has 1 heterocycles. The fourth-order valence-electron chi connectivity index (χ4n) is 2.70. The van der Waals surface area contributed by atoms with Gasteiger partial charge in [-0.25, -0.2) is 5.43 Å². The fourth-order valence-corrected chi connectivity index (χ4v) is 2.70. The molecule has 10 heteroatoms. The molecule has 0 unspecified atom stereocenters. The fraction of sp³-hybridized carbons (Fsp3) is 0.190. The minimum absolute atomic E-state index is 0.116. The molecule has 0 aliphatic rings. The molecule has 0 saturated heterocycles. The van der Waals surface area contributed by atoms with Gasteiger partial charge >= 0.3 is 0 Å². The summed E-state index contributed by atoms with van der Waals surface area (Å²) in [7, 11) is 1.50. The van der Waals surface area contributed by atoms with E-state index >= 15 is 0 Å². The number of aryl methyl sites for hydroxylation is 2. The van der Waals surface area contributed by atoms with E-state index in [1.165, 1.54) is 13.3 Å². The van der Waals surface area contributed by atoms with Gasteiger partial charge in [0.25, 0.3) is 11.5 Å². The van der Waals surface area contributed by atoms with Gasteiger partial charge in [-0.3, -0.25) is 14.6 Å². The van der Waals surface area contributed by atoms with Crippen molar-refractivity contribution in [2.75, 3.05) is 24.5 Å². The molecule has 2 aromatic carbocycles. The average molecular weight is 422 g/mol. The topological polar surface area (TPSA) is 131 Å². The molecule has 3 N–H and O–H groups in total. The molecular formula is C21H22N6O4. The van der Waals surface area contributed by atoms with Crippen molar-refractivity contribution in [2.24, 2.45) is 5.10 Å². The first-order chi connectivity index (χ1) is 14.9. The number of methoxy groups -OCH3 is 1. The van der Waals surface area contributed by atoms with Crippen LogP contribution >= 0.6 is 0 Å². The van der Waals surface area contributed by atoms with Crippen molar-refractivity contribution in [3.8, 4) is 11.5 Å². The zero-order valence-corrected chi connectivity index (χ0v) is 17.3. The molecular weight excluding hydrogens is 400 g/mol. The summed E-state index contributed by atoms with van der Waals surface area (Å²) in [5.41, 5.74) is 5.73. The van der Waals surface area contributed by atoms with E-state index in [1.54, 1.807) is 18.2 Å². The number of anilines is 2. The number of H-pyrrole nitrogens is 1. The molecule has 0 saturated carbocycles. The molecule has 0 atom stereocenters. The molecule has 0 radical (unpaired) electrons. The Morgan fingerprint density at radius 2 is 2.03 bits per heavy atom. The summed E-state index contributed by atoms with van der Waals surface area (Å²) in [6, 6.07) is 10.9. The highest BCUT2D eigenvalue weighted by atomic mass is 16.5. The van der Waals surface area contributed by atoms with Crippen LogP contribution in [0.3, 0.4) is 0 Å². The summed E-state index contributed by atoms with van der Waals surface area (Å²) in [4.78, 5) is 25.9. The zero-order valence-electron chi connectivity index (χ0n) is 17.3. The second-order valence-corrected chi connectivity index (χ2v) is 6.62. The molecule has 0 aliphatic heterocycles. The van der Waals surface area contributed by atoms with Crippen molar-refractivity contribution in [1.29, 1.82) is 0 Å².